The molecule has 0 nitrogen and oxygen atoms in total. The van der Waals surface area contributed by atoms with Gasteiger partial charge in [-0.2, -0.15) is 39.5 Å². The van der Waals surface area contributed by atoms with Gasteiger partial charge in [0.25, 0.3) is 0 Å². The van der Waals surface area contributed by atoms with Crippen LogP contribution in [0.25, 0.3) is 0 Å². The molecule has 1 rings (SSSR count). The molecule has 0 aliphatic rings. The average Bonchev–Trinajstić information content (AvgIpc) is 2.15. The number of halogens is 10. The maximum Gasteiger partial charge on any atom is 0.446 e. The highest BCUT2D eigenvalue weighted by Crippen LogP contribution is 2.50. The minimum Gasteiger partial charge on any atom is -0.166 e. The first-order chi connectivity index (χ1) is 8.73. The molecular formula is C9H2BrF9S. The van der Waals surface area contributed by atoms with E-state index < -0.39 is 50.1 Å². The molecule has 0 bridgehead atoms. The van der Waals surface area contributed by atoms with E-state index in [4.69, 9.17) is 0 Å². The summed E-state index contributed by atoms with van der Waals surface area (Å²) in [5, 5.41) is 0. The number of rotatable bonds is 1. The number of alkyl halides is 9. The third-order valence-corrected chi connectivity index (χ3v) is 3.87. The predicted octanol–water partition coefficient (Wildman–Crippen LogP) is 6.10. The van der Waals surface area contributed by atoms with E-state index in [9.17, 15) is 39.5 Å². The minimum absolute atomic E-state index is 0.0261. The van der Waals surface area contributed by atoms with Gasteiger partial charge in [0, 0.05) is 9.37 Å². The normalized spacial score (nSPS) is 13.7. The van der Waals surface area contributed by atoms with Crippen LogP contribution < -0.4 is 0 Å². The Labute approximate surface area is 118 Å². The van der Waals surface area contributed by atoms with E-state index in [0.29, 0.717) is 0 Å². The van der Waals surface area contributed by atoms with Gasteiger partial charge in [0.05, 0.1) is 11.1 Å². The Morgan fingerprint density at radius 3 is 1.50 bits per heavy atom. The van der Waals surface area contributed by atoms with E-state index >= 15 is 0 Å². The molecule has 0 saturated heterocycles. The van der Waals surface area contributed by atoms with Crippen LogP contribution in [-0.4, -0.2) is 5.51 Å². The van der Waals surface area contributed by atoms with Crippen LogP contribution in [0, 0.1) is 0 Å². The molecule has 0 fully saturated rings. The number of benzene rings is 1. The van der Waals surface area contributed by atoms with Crippen molar-refractivity contribution in [1.82, 2.24) is 0 Å². The first kappa shape index (κ1) is 17.5. The van der Waals surface area contributed by atoms with E-state index in [1.54, 1.807) is 0 Å². The molecule has 0 atom stereocenters. The lowest BCUT2D eigenvalue weighted by Crippen LogP contribution is -2.14. The summed E-state index contributed by atoms with van der Waals surface area (Å²) < 4.78 is 110. The van der Waals surface area contributed by atoms with Crippen molar-refractivity contribution < 1.29 is 39.5 Å². The maximum atomic E-state index is 12.5. The lowest BCUT2D eigenvalue weighted by molar-refractivity contribution is -0.143. The SMILES string of the molecule is FC(F)(F)Sc1c(C(F)(F)F)ccc(C(F)(F)F)c1Br. The lowest BCUT2D eigenvalue weighted by Gasteiger charge is -2.18. The van der Waals surface area contributed by atoms with Crippen LogP contribution in [0.5, 0.6) is 0 Å². The Bertz CT molecular complexity index is 500. The molecular weight excluding hydrogens is 391 g/mol. The summed E-state index contributed by atoms with van der Waals surface area (Å²) in [5.41, 5.74) is -8.57. The molecule has 0 saturated carbocycles. The summed E-state index contributed by atoms with van der Waals surface area (Å²) in [6, 6.07) is 0.0506. The Morgan fingerprint density at radius 2 is 1.15 bits per heavy atom. The van der Waals surface area contributed by atoms with Gasteiger partial charge in [0.15, 0.2) is 0 Å². The van der Waals surface area contributed by atoms with Crippen LogP contribution >= 0.6 is 27.7 Å². The highest BCUT2D eigenvalue weighted by Gasteiger charge is 2.43. The summed E-state index contributed by atoms with van der Waals surface area (Å²) in [7, 11) is 0. The van der Waals surface area contributed by atoms with Crippen LogP contribution in [0.4, 0.5) is 39.5 Å². The van der Waals surface area contributed by atoms with Gasteiger partial charge in [-0.3, -0.25) is 0 Å². The third kappa shape index (κ3) is 4.21. The fraction of sp³-hybridized carbons (Fsp3) is 0.333. The summed E-state index contributed by atoms with van der Waals surface area (Å²) >= 11 is 0.916. The molecule has 0 radical (unpaired) electrons. The number of thioether (sulfide) groups is 1. The van der Waals surface area contributed by atoms with Gasteiger partial charge in [-0.15, -0.1) is 0 Å². The zero-order valence-electron chi connectivity index (χ0n) is 8.84. The van der Waals surface area contributed by atoms with Crippen molar-refractivity contribution in [3.05, 3.63) is 27.7 Å². The average molecular weight is 393 g/mol. The van der Waals surface area contributed by atoms with E-state index in [-0.39, 0.29) is 12.1 Å². The zero-order chi connectivity index (χ0) is 15.9. The molecule has 0 unspecified atom stereocenters. The standard InChI is InChI=1S/C9H2BrF9S/c10-5-3(7(11,12)13)1-2-4(8(14,15)16)6(5)20-9(17,18)19/h1-2H. The molecule has 20 heavy (non-hydrogen) atoms. The summed E-state index contributed by atoms with van der Waals surface area (Å²) in [5.74, 6) is 0. The van der Waals surface area contributed by atoms with Gasteiger partial charge in [0.1, 0.15) is 0 Å². The second-order valence-electron chi connectivity index (χ2n) is 3.35. The van der Waals surface area contributed by atoms with Gasteiger partial charge < -0.3 is 0 Å². The Kier molecular flexibility index (Phi) is 4.65. The fourth-order valence-corrected chi connectivity index (χ4v) is 2.75. The van der Waals surface area contributed by atoms with E-state index in [1.165, 1.54) is 0 Å². The van der Waals surface area contributed by atoms with Gasteiger partial charge in [-0.25, -0.2) is 0 Å². The second kappa shape index (κ2) is 5.32. The topological polar surface area (TPSA) is 0 Å². The largest absolute Gasteiger partial charge is 0.446 e. The van der Waals surface area contributed by atoms with Crippen molar-refractivity contribution in [3.63, 3.8) is 0 Å². The molecule has 1 aromatic rings. The summed E-state index contributed by atoms with van der Waals surface area (Å²) in [6.07, 6.45) is -10.3. The molecule has 0 amide bonds. The van der Waals surface area contributed by atoms with Crippen LogP contribution in [0.1, 0.15) is 11.1 Å². The van der Waals surface area contributed by atoms with Gasteiger partial charge in [0.2, 0.25) is 0 Å². The van der Waals surface area contributed by atoms with Crippen molar-refractivity contribution in [3.8, 4) is 0 Å². The maximum absolute atomic E-state index is 12.5. The lowest BCUT2D eigenvalue weighted by atomic mass is 10.1. The van der Waals surface area contributed by atoms with Crippen molar-refractivity contribution in [2.75, 3.05) is 0 Å². The van der Waals surface area contributed by atoms with Crippen LogP contribution in [0.2, 0.25) is 0 Å². The Balaban J connectivity index is 3.55. The molecule has 0 aromatic heterocycles. The fourth-order valence-electron chi connectivity index (χ4n) is 1.21. The van der Waals surface area contributed by atoms with Crippen molar-refractivity contribution >= 4 is 27.7 Å². The monoisotopic (exact) mass is 392 g/mol. The van der Waals surface area contributed by atoms with Crippen molar-refractivity contribution in [2.45, 2.75) is 22.8 Å². The Morgan fingerprint density at radius 1 is 0.750 bits per heavy atom. The molecule has 0 aliphatic carbocycles. The Hall–Kier alpha value is -0.580. The molecule has 0 spiro atoms. The van der Waals surface area contributed by atoms with Crippen molar-refractivity contribution in [2.24, 2.45) is 0 Å². The minimum atomic E-state index is -5.21. The second-order valence-corrected chi connectivity index (χ2v) is 5.22. The smallest absolute Gasteiger partial charge is 0.166 e. The van der Waals surface area contributed by atoms with Crippen LogP contribution in [-0.2, 0) is 12.4 Å². The molecule has 0 heterocycles. The van der Waals surface area contributed by atoms with Crippen LogP contribution in [0.15, 0.2) is 21.5 Å². The highest BCUT2D eigenvalue weighted by atomic mass is 79.9. The third-order valence-electron chi connectivity index (χ3n) is 1.93. The zero-order valence-corrected chi connectivity index (χ0v) is 11.2. The number of hydrogen-bond donors (Lipinski definition) is 0. The van der Waals surface area contributed by atoms with Gasteiger partial charge >= 0.3 is 17.9 Å². The first-order valence-electron chi connectivity index (χ1n) is 4.46. The van der Waals surface area contributed by atoms with Crippen LogP contribution in [0.3, 0.4) is 0 Å². The predicted molar refractivity (Wildman–Crippen MR) is 56.1 cm³/mol. The summed E-state index contributed by atoms with van der Waals surface area (Å²) in [6.45, 7) is 0. The molecule has 114 valence electrons. The molecule has 0 aliphatic heterocycles. The molecule has 11 heteroatoms. The number of hydrogen-bond acceptors (Lipinski definition) is 1. The molecule has 0 N–H and O–H groups in total. The first-order valence-corrected chi connectivity index (χ1v) is 6.07. The van der Waals surface area contributed by atoms with Gasteiger partial charge in [-0.1, -0.05) is 0 Å². The van der Waals surface area contributed by atoms with E-state index in [0.717, 1.165) is 0 Å². The molecule has 1 aromatic carbocycles. The summed E-state index contributed by atoms with van der Waals surface area (Å²) in [4.78, 5) is -1.57. The van der Waals surface area contributed by atoms with E-state index in [2.05, 4.69) is 15.9 Å². The highest BCUT2D eigenvalue weighted by molar-refractivity contribution is 9.10. The van der Waals surface area contributed by atoms with Gasteiger partial charge in [-0.05, 0) is 39.8 Å². The van der Waals surface area contributed by atoms with E-state index in [1.807, 2.05) is 0 Å². The van der Waals surface area contributed by atoms with Crippen molar-refractivity contribution in [1.29, 1.82) is 0 Å². The quantitative estimate of drug-likeness (QED) is 0.411.